The summed E-state index contributed by atoms with van der Waals surface area (Å²) in [6.07, 6.45) is 4.69. The van der Waals surface area contributed by atoms with Crippen molar-refractivity contribution in [3.63, 3.8) is 0 Å². The number of imide groups is 1. The van der Waals surface area contributed by atoms with Gasteiger partial charge in [-0.3, -0.25) is 14.5 Å². The number of carbonyl (C=O) groups excluding carboxylic acids is 2. The molecule has 2 amide bonds. The summed E-state index contributed by atoms with van der Waals surface area (Å²) in [6, 6.07) is 14.9. The van der Waals surface area contributed by atoms with E-state index >= 15 is 0 Å². The van der Waals surface area contributed by atoms with Crippen LogP contribution in [0.4, 0.5) is 5.69 Å². The molecule has 0 N–H and O–H groups in total. The van der Waals surface area contributed by atoms with Crippen LogP contribution in [0.5, 0.6) is 11.5 Å². The summed E-state index contributed by atoms with van der Waals surface area (Å²) >= 11 is 0. The minimum atomic E-state index is -0.240. The van der Waals surface area contributed by atoms with Crippen LogP contribution in [0.25, 0.3) is 0 Å². The average Bonchev–Trinajstić information content (AvgIpc) is 2.90. The van der Waals surface area contributed by atoms with E-state index in [9.17, 15) is 9.59 Å². The first-order valence-electron chi connectivity index (χ1n) is 8.93. The third-order valence-corrected chi connectivity index (χ3v) is 5.22. The predicted molar refractivity (Wildman–Crippen MR) is 100 cm³/mol. The standard InChI is InChI=1S/C22H21NO3/c1-14-6-10-17(11-7-14)26-18-12-8-16(9-13-18)23-21(24)19-5-3-4-15(2)20(19)22(23)25/h3-4,6-13,15,19-20H,5H2,1-2H3. The van der Waals surface area contributed by atoms with E-state index in [1.165, 1.54) is 10.5 Å². The molecule has 0 aromatic heterocycles. The van der Waals surface area contributed by atoms with Crippen LogP contribution in [-0.4, -0.2) is 11.8 Å². The zero-order chi connectivity index (χ0) is 18.3. The second-order valence-corrected chi connectivity index (χ2v) is 7.08. The van der Waals surface area contributed by atoms with Gasteiger partial charge in [0.2, 0.25) is 11.8 Å². The highest BCUT2D eigenvalue weighted by Crippen LogP contribution is 2.40. The number of nitrogens with zero attached hydrogens (tertiary/aromatic N) is 1. The molecule has 2 aromatic carbocycles. The fourth-order valence-electron chi connectivity index (χ4n) is 3.81. The van der Waals surface area contributed by atoms with Crippen molar-refractivity contribution < 1.29 is 14.3 Å². The molecule has 1 heterocycles. The molecule has 1 fully saturated rings. The zero-order valence-corrected chi connectivity index (χ0v) is 14.9. The Morgan fingerprint density at radius 2 is 1.54 bits per heavy atom. The SMILES string of the molecule is Cc1ccc(Oc2ccc(N3C(=O)C4CC=CC(C)C4C3=O)cc2)cc1. The van der Waals surface area contributed by atoms with E-state index in [2.05, 4.69) is 0 Å². The average molecular weight is 347 g/mol. The van der Waals surface area contributed by atoms with Gasteiger partial charge in [-0.15, -0.1) is 0 Å². The van der Waals surface area contributed by atoms with Crippen molar-refractivity contribution in [2.75, 3.05) is 4.90 Å². The summed E-state index contributed by atoms with van der Waals surface area (Å²) < 4.78 is 5.82. The van der Waals surface area contributed by atoms with Gasteiger partial charge in [0, 0.05) is 0 Å². The van der Waals surface area contributed by atoms with Crippen LogP contribution in [0.1, 0.15) is 18.9 Å². The molecule has 0 saturated carbocycles. The topological polar surface area (TPSA) is 46.6 Å². The fraction of sp³-hybridized carbons (Fsp3) is 0.273. The molecule has 4 nitrogen and oxygen atoms in total. The maximum absolute atomic E-state index is 12.8. The molecule has 2 aromatic rings. The fourth-order valence-corrected chi connectivity index (χ4v) is 3.81. The van der Waals surface area contributed by atoms with Crippen molar-refractivity contribution in [1.82, 2.24) is 0 Å². The molecular weight excluding hydrogens is 326 g/mol. The Labute approximate surface area is 153 Å². The van der Waals surface area contributed by atoms with Crippen LogP contribution in [0.2, 0.25) is 0 Å². The molecule has 0 bridgehead atoms. The number of aryl methyl sites for hydroxylation is 1. The van der Waals surface area contributed by atoms with Crippen molar-refractivity contribution >= 4 is 17.5 Å². The van der Waals surface area contributed by atoms with Crippen molar-refractivity contribution in [3.05, 3.63) is 66.2 Å². The largest absolute Gasteiger partial charge is 0.457 e. The van der Waals surface area contributed by atoms with E-state index < -0.39 is 0 Å². The van der Waals surface area contributed by atoms with Crippen LogP contribution >= 0.6 is 0 Å². The van der Waals surface area contributed by atoms with Gasteiger partial charge in [-0.05, 0) is 55.7 Å². The zero-order valence-electron chi connectivity index (χ0n) is 14.9. The van der Waals surface area contributed by atoms with Crippen LogP contribution in [0, 0.1) is 24.7 Å². The second-order valence-electron chi connectivity index (χ2n) is 7.08. The van der Waals surface area contributed by atoms with Crippen molar-refractivity contribution in [2.45, 2.75) is 20.3 Å². The molecule has 4 rings (SSSR count). The molecular formula is C22H21NO3. The van der Waals surface area contributed by atoms with E-state index in [0.717, 1.165) is 5.75 Å². The summed E-state index contributed by atoms with van der Waals surface area (Å²) in [6.45, 7) is 4.02. The number of hydrogen-bond donors (Lipinski definition) is 0. The first-order valence-corrected chi connectivity index (χ1v) is 8.93. The molecule has 1 aliphatic carbocycles. The van der Waals surface area contributed by atoms with Gasteiger partial charge in [-0.2, -0.15) is 0 Å². The van der Waals surface area contributed by atoms with E-state index in [1.54, 1.807) is 24.3 Å². The minimum absolute atomic E-state index is 0.0935. The maximum Gasteiger partial charge on any atom is 0.238 e. The lowest BCUT2D eigenvalue weighted by Crippen LogP contribution is -2.31. The van der Waals surface area contributed by atoms with Crippen LogP contribution < -0.4 is 9.64 Å². The van der Waals surface area contributed by atoms with Gasteiger partial charge >= 0.3 is 0 Å². The number of rotatable bonds is 3. The highest BCUT2D eigenvalue weighted by Gasteiger charge is 2.50. The van der Waals surface area contributed by atoms with Crippen molar-refractivity contribution in [1.29, 1.82) is 0 Å². The van der Waals surface area contributed by atoms with Gasteiger partial charge in [0.25, 0.3) is 0 Å². The van der Waals surface area contributed by atoms with Gasteiger partial charge in [-0.1, -0.05) is 36.8 Å². The summed E-state index contributed by atoms with van der Waals surface area (Å²) in [5.74, 6) is 0.862. The van der Waals surface area contributed by atoms with Gasteiger partial charge in [0.15, 0.2) is 0 Å². The number of carbonyl (C=O) groups is 2. The van der Waals surface area contributed by atoms with Crippen molar-refractivity contribution in [2.24, 2.45) is 17.8 Å². The Kier molecular flexibility index (Phi) is 4.11. The lowest BCUT2D eigenvalue weighted by molar-refractivity contribution is -0.122. The summed E-state index contributed by atoms with van der Waals surface area (Å²) in [5, 5.41) is 0. The molecule has 1 aliphatic heterocycles. The highest BCUT2D eigenvalue weighted by molar-refractivity contribution is 6.22. The molecule has 2 aliphatic rings. The normalized spacial score (nSPS) is 24.7. The summed E-state index contributed by atoms with van der Waals surface area (Å²) in [7, 11) is 0. The van der Waals surface area contributed by atoms with Crippen LogP contribution in [0.3, 0.4) is 0 Å². The Bertz CT molecular complexity index is 867. The quantitative estimate of drug-likeness (QED) is 0.607. The van der Waals surface area contributed by atoms with Crippen molar-refractivity contribution in [3.8, 4) is 11.5 Å². The third-order valence-electron chi connectivity index (χ3n) is 5.22. The molecule has 4 heteroatoms. The Morgan fingerprint density at radius 3 is 2.15 bits per heavy atom. The summed E-state index contributed by atoms with van der Waals surface area (Å²) in [4.78, 5) is 26.9. The molecule has 3 unspecified atom stereocenters. The van der Waals surface area contributed by atoms with E-state index in [1.807, 2.05) is 50.3 Å². The second kappa shape index (κ2) is 6.45. The molecule has 26 heavy (non-hydrogen) atoms. The minimum Gasteiger partial charge on any atom is -0.457 e. The van der Waals surface area contributed by atoms with Gasteiger partial charge in [0.05, 0.1) is 17.5 Å². The first kappa shape index (κ1) is 16.6. The first-order chi connectivity index (χ1) is 12.5. The lowest BCUT2D eigenvalue weighted by Gasteiger charge is -2.22. The molecule has 132 valence electrons. The highest BCUT2D eigenvalue weighted by atomic mass is 16.5. The van der Waals surface area contributed by atoms with Crippen LogP contribution in [0.15, 0.2) is 60.7 Å². The number of hydrogen-bond acceptors (Lipinski definition) is 3. The third kappa shape index (κ3) is 2.81. The van der Waals surface area contributed by atoms with Gasteiger partial charge in [0.1, 0.15) is 11.5 Å². The van der Waals surface area contributed by atoms with E-state index in [-0.39, 0.29) is 29.6 Å². The van der Waals surface area contributed by atoms with Gasteiger partial charge in [-0.25, -0.2) is 0 Å². The number of fused-ring (bicyclic) bond motifs is 1. The number of ether oxygens (including phenoxy) is 1. The van der Waals surface area contributed by atoms with E-state index in [0.29, 0.717) is 17.9 Å². The Hall–Kier alpha value is -2.88. The number of allylic oxidation sites excluding steroid dienone is 2. The predicted octanol–water partition coefficient (Wildman–Crippen LogP) is 4.49. The Balaban J connectivity index is 1.54. The lowest BCUT2D eigenvalue weighted by atomic mass is 9.78. The maximum atomic E-state index is 12.8. The summed E-state index contributed by atoms with van der Waals surface area (Å²) in [5.41, 5.74) is 1.78. The van der Waals surface area contributed by atoms with E-state index in [4.69, 9.17) is 4.74 Å². The Morgan fingerprint density at radius 1 is 0.923 bits per heavy atom. The van der Waals surface area contributed by atoms with Crippen LogP contribution in [-0.2, 0) is 9.59 Å². The smallest absolute Gasteiger partial charge is 0.238 e. The number of amides is 2. The number of anilines is 1. The molecule has 0 radical (unpaired) electrons. The molecule has 3 atom stereocenters. The molecule has 1 saturated heterocycles. The monoisotopic (exact) mass is 347 g/mol. The van der Waals surface area contributed by atoms with Gasteiger partial charge < -0.3 is 4.74 Å². The number of benzene rings is 2. The molecule has 0 spiro atoms.